The highest BCUT2D eigenvalue weighted by Gasteiger charge is 2.33. The largest absolute Gasteiger partial charge is 0.469 e. The molecule has 0 amide bonds. The average Bonchev–Trinajstić information content (AvgIpc) is 2.89. The molecule has 0 aromatic carbocycles. The number of alkyl halides is 3. The molecule has 0 saturated heterocycles. The molecule has 0 bridgehead atoms. The lowest BCUT2D eigenvalue weighted by molar-refractivity contribution is -0.140. The summed E-state index contributed by atoms with van der Waals surface area (Å²) in [6.45, 7) is 0.141. The lowest BCUT2D eigenvalue weighted by atomic mass is 10.2. The summed E-state index contributed by atoms with van der Waals surface area (Å²) in [7, 11) is 1.25. The van der Waals surface area contributed by atoms with E-state index in [1.165, 1.54) is 13.2 Å². The topological polar surface area (TPSA) is 71.5 Å². The van der Waals surface area contributed by atoms with Crippen molar-refractivity contribution in [3.05, 3.63) is 28.8 Å². The molecule has 0 spiro atoms. The van der Waals surface area contributed by atoms with Gasteiger partial charge in [-0.1, -0.05) is 0 Å². The van der Waals surface area contributed by atoms with Crippen LogP contribution in [0.5, 0.6) is 0 Å². The van der Waals surface area contributed by atoms with Crippen molar-refractivity contribution < 1.29 is 27.8 Å². The summed E-state index contributed by atoms with van der Waals surface area (Å²) < 4.78 is 43.1. The molecule has 120 valence electrons. The number of nitrogens with one attached hydrogen (secondary N) is 1. The molecule has 5 nitrogen and oxygen atoms in total. The zero-order valence-electron chi connectivity index (χ0n) is 11.5. The number of nitrogens with zero attached hydrogens (tertiary/aromatic N) is 1. The Hall–Kier alpha value is -1.71. The second kappa shape index (κ2) is 6.59. The predicted octanol–water partition coefficient (Wildman–Crippen LogP) is 2.46. The SMILES string of the molecule is COC(=O)CCNC(O)c1cc2nccc(C(F)(F)F)c2s1. The third kappa shape index (κ3) is 3.73. The van der Waals surface area contributed by atoms with Gasteiger partial charge in [-0.15, -0.1) is 11.3 Å². The molecule has 2 aromatic heterocycles. The molecule has 1 atom stereocenters. The fraction of sp³-hybridized carbons (Fsp3) is 0.385. The van der Waals surface area contributed by atoms with Gasteiger partial charge in [0.25, 0.3) is 0 Å². The number of rotatable bonds is 5. The number of aromatic nitrogens is 1. The Morgan fingerprint density at radius 3 is 2.91 bits per heavy atom. The molecule has 2 N–H and O–H groups in total. The van der Waals surface area contributed by atoms with Crippen LogP contribution in [0.2, 0.25) is 0 Å². The highest BCUT2D eigenvalue weighted by atomic mass is 32.1. The number of halogens is 3. The highest BCUT2D eigenvalue weighted by molar-refractivity contribution is 7.19. The van der Waals surface area contributed by atoms with E-state index in [1.54, 1.807) is 0 Å². The Bertz CT molecular complexity index is 672. The number of aliphatic hydroxyl groups excluding tert-OH is 1. The first-order valence-corrected chi connectivity index (χ1v) is 7.08. The van der Waals surface area contributed by atoms with E-state index in [1.807, 2.05) is 0 Å². The zero-order valence-corrected chi connectivity index (χ0v) is 12.3. The molecular weight excluding hydrogens is 321 g/mol. The maximum absolute atomic E-state index is 12.9. The van der Waals surface area contributed by atoms with Crippen LogP contribution in [0.1, 0.15) is 23.1 Å². The van der Waals surface area contributed by atoms with Crippen LogP contribution in [0.15, 0.2) is 18.3 Å². The molecule has 22 heavy (non-hydrogen) atoms. The lowest BCUT2D eigenvalue weighted by Gasteiger charge is -2.10. The summed E-state index contributed by atoms with van der Waals surface area (Å²) in [5, 5.41) is 12.6. The van der Waals surface area contributed by atoms with Crippen molar-refractivity contribution in [2.75, 3.05) is 13.7 Å². The minimum absolute atomic E-state index is 0.0289. The smallest absolute Gasteiger partial charge is 0.417 e. The van der Waals surface area contributed by atoms with Gasteiger partial charge in [-0.25, -0.2) is 0 Å². The summed E-state index contributed by atoms with van der Waals surface area (Å²) in [4.78, 5) is 15.1. The van der Waals surface area contributed by atoms with Gasteiger partial charge in [0, 0.05) is 12.7 Å². The Labute approximate surface area is 127 Å². The number of hydrogen-bond donors (Lipinski definition) is 2. The third-order valence-corrected chi connectivity index (χ3v) is 4.11. The van der Waals surface area contributed by atoms with E-state index in [0.717, 1.165) is 23.6 Å². The van der Waals surface area contributed by atoms with Crippen molar-refractivity contribution in [3.63, 3.8) is 0 Å². The van der Waals surface area contributed by atoms with Gasteiger partial charge in [-0.2, -0.15) is 13.2 Å². The van der Waals surface area contributed by atoms with E-state index in [2.05, 4.69) is 15.0 Å². The number of ether oxygens (including phenoxy) is 1. The summed E-state index contributed by atoms with van der Waals surface area (Å²) in [5.74, 6) is -0.447. The first-order valence-electron chi connectivity index (χ1n) is 6.27. The van der Waals surface area contributed by atoms with Gasteiger partial charge in [0.15, 0.2) is 0 Å². The van der Waals surface area contributed by atoms with Crippen LogP contribution in [0, 0.1) is 0 Å². The molecule has 0 aliphatic carbocycles. The van der Waals surface area contributed by atoms with Gasteiger partial charge in [0.05, 0.1) is 34.2 Å². The highest BCUT2D eigenvalue weighted by Crippen LogP contribution is 2.38. The number of pyridine rings is 1. The lowest BCUT2D eigenvalue weighted by Crippen LogP contribution is -2.23. The molecule has 0 aliphatic heterocycles. The molecule has 0 radical (unpaired) electrons. The molecule has 1 unspecified atom stereocenters. The minimum Gasteiger partial charge on any atom is -0.469 e. The molecule has 2 aromatic rings. The Morgan fingerprint density at radius 1 is 1.55 bits per heavy atom. The monoisotopic (exact) mass is 334 g/mol. The third-order valence-electron chi connectivity index (χ3n) is 2.90. The number of carbonyl (C=O) groups is 1. The molecule has 2 rings (SSSR count). The van der Waals surface area contributed by atoms with Crippen LogP contribution in [0.4, 0.5) is 13.2 Å². The van der Waals surface area contributed by atoms with Crippen molar-refractivity contribution in [2.24, 2.45) is 0 Å². The Kier molecular flexibility index (Phi) is 4.99. The molecule has 2 heterocycles. The molecule has 9 heteroatoms. The number of hydrogen-bond acceptors (Lipinski definition) is 6. The van der Waals surface area contributed by atoms with Gasteiger partial charge in [0.1, 0.15) is 6.23 Å². The summed E-state index contributed by atoms with van der Waals surface area (Å²) in [5.41, 5.74) is -0.612. The van der Waals surface area contributed by atoms with Gasteiger partial charge >= 0.3 is 12.1 Å². The van der Waals surface area contributed by atoms with Crippen LogP contribution >= 0.6 is 11.3 Å². The van der Waals surface area contributed by atoms with Gasteiger partial charge in [-0.05, 0) is 12.1 Å². The van der Waals surface area contributed by atoms with Crippen LogP contribution in [0.3, 0.4) is 0 Å². The molecular formula is C13H13F3N2O3S. The van der Waals surface area contributed by atoms with E-state index in [9.17, 15) is 23.1 Å². The molecule has 0 saturated carbocycles. The Balaban J connectivity index is 2.17. The number of methoxy groups -OCH3 is 1. The van der Waals surface area contributed by atoms with Gasteiger partial charge in [0.2, 0.25) is 0 Å². The summed E-state index contributed by atoms with van der Waals surface area (Å²) >= 11 is 0.812. The van der Waals surface area contributed by atoms with Crippen LogP contribution < -0.4 is 5.32 Å². The van der Waals surface area contributed by atoms with Crippen molar-refractivity contribution in [2.45, 2.75) is 18.8 Å². The number of esters is 1. The maximum Gasteiger partial charge on any atom is 0.417 e. The fourth-order valence-corrected chi connectivity index (χ4v) is 2.94. The van der Waals surface area contributed by atoms with Crippen molar-refractivity contribution in [1.29, 1.82) is 0 Å². The normalized spacial score (nSPS) is 13.3. The number of fused-ring (bicyclic) bond motifs is 1. The summed E-state index contributed by atoms with van der Waals surface area (Å²) in [6.07, 6.45) is -4.53. The van der Waals surface area contributed by atoms with Crippen molar-refractivity contribution in [3.8, 4) is 0 Å². The van der Waals surface area contributed by atoms with Crippen LogP contribution in [0.25, 0.3) is 10.2 Å². The van der Waals surface area contributed by atoms with Crippen molar-refractivity contribution >= 4 is 27.5 Å². The van der Waals surface area contributed by atoms with E-state index in [0.29, 0.717) is 4.88 Å². The molecule has 0 fully saturated rings. The van der Waals surface area contributed by atoms with E-state index in [4.69, 9.17) is 0 Å². The maximum atomic E-state index is 12.9. The number of thiophene rings is 1. The first-order chi connectivity index (χ1) is 10.3. The van der Waals surface area contributed by atoms with Crippen molar-refractivity contribution in [1.82, 2.24) is 10.3 Å². The fourth-order valence-electron chi connectivity index (χ4n) is 1.83. The van der Waals surface area contributed by atoms with Crippen LogP contribution in [-0.2, 0) is 15.7 Å². The predicted molar refractivity (Wildman–Crippen MR) is 74.2 cm³/mol. The zero-order chi connectivity index (χ0) is 16.3. The standard InChI is InChI=1S/C13H13F3N2O3S/c1-21-10(19)3-5-18-12(20)9-6-8-11(22-9)7(2-4-17-8)13(14,15)16/h2,4,6,12,18,20H,3,5H2,1H3. The number of aliphatic hydroxyl groups is 1. The van der Waals surface area contributed by atoms with Gasteiger partial charge in [-0.3, -0.25) is 15.1 Å². The van der Waals surface area contributed by atoms with E-state index >= 15 is 0 Å². The molecule has 0 aliphatic rings. The average molecular weight is 334 g/mol. The Morgan fingerprint density at radius 2 is 2.27 bits per heavy atom. The van der Waals surface area contributed by atoms with Gasteiger partial charge < -0.3 is 9.84 Å². The first kappa shape index (κ1) is 16.7. The summed E-state index contributed by atoms with van der Waals surface area (Å²) in [6, 6.07) is 2.30. The van der Waals surface area contributed by atoms with E-state index in [-0.39, 0.29) is 23.2 Å². The minimum atomic E-state index is -4.48. The quantitative estimate of drug-likeness (QED) is 0.649. The van der Waals surface area contributed by atoms with Crippen LogP contribution in [-0.4, -0.2) is 29.7 Å². The number of carbonyl (C=O) groups excluding carboxylic acids is 1. The second-order valence-electron chi connectivity index (χ2n) is 4.40. The second-order valence-corrected chi connectivity index (χ2v) is 5.49. The van der Waals surface area contributed by atoms with E-state index < -0.39 is 23.9 Å².